The van der Waals surface area contributed by atoms with Gasteiger partial charge in [0.25, 0.3) is 0 Å². The van der Waals surface area contributed by atoms with Gasteiger partial charge in [0, 0.05) is 24.5 Å². The fourth-order valence-corrected chi connectivity index (χ4v) is 2.35. The first-order valence-corrected chi connectivity index (χ1v) is 6.90. The van der Waals surface area contributed by atoms with Gasteiger partial charge in [-0.25, -0.2) is 4.98 Å². The molecule has 1 aromatic heterocycles. The Bertz CT molecular complexity index is 807. The Morgan fingerprint density at radius 2 is 1.78 bits per heavy atom. The van der Waals surface area contributed by atoms with Crippen LogP contribution in [0.1, 0.15) is 11.1 Å². The minimum atomic E-state index is -4.36. The van der Waals surface area contributed by atoms with E-state index in [2.05, 4.69) is 4.98 Å². The van der Waals surface area contributed by atoms with Crippen LogP contribution in [0.4, 0.5) is 13.2 Å². The van der Waals surface area contributed by atoms with Crippen molar-refractivity contribution in [3.63, 3.8) is 0 Å². The molecular formula is C17H13F3N2O. The number of hydrogen-bond donors (Lipinski definition) is 1. The van der Waals surface area contributed by atoms with Crippen molar-refractivity contribution in [2.75, 3.05) is 0 Å². The Hall–Kier alpha value is -2.76. The lowest BCUT2D eigenvalue weighted by Crippen LogP contribution is -2.07. The van der Waals surface area contributed by atoms with Gasteiger partial charge in [-0.3, -0.25) is 0 Å². The second-order valence-corrected chi connectivity index (χ2v) is 5.12. The van der Waals surface area contributed by atoms with E-state index < -0.39 is 11.7 Å². The molecule has 0 aliphatic rings. The van der Waals surface area contributed by atoms with Crippen LogP contribution in [0.15, 0.2) is 60.9 Å². The summed E-state index contributed by atoms with van der Waals surface area (Å²) in [7, 11) is 0. The predicted molar refractivity (Wildman–Crippen MR) is 79.9 cm³/mol. The van der Waals surface area contributed by atoms with E-state index in [1.807, 2.05) is 0 Å². The van der Waals surface area contributed by atoms with Crippen molar-refractivity contribution in [2.45, 2.75) is 12.7 Å². The zero-order valence-electron chi connectivity index (χ0n) is 12.0. The summed E-state index contributed by atoms with van der Waals surface area (Å²) in [5, 5.41) is 9.33. The number of halogens is 3. The van der Waals surface area contributed by atoms with Crippen LogP contribution in [0, 0.1) is 0 Å². The smallest absolute Gasteiger partial charge is 0.416 e. The highest BCUT2D eigenvalue weighted by Gasteiger charge is 2.30. The minimum Gasteiger partial charge on any atom is -0.508 e. The molecule has 0 saturated heterocycles. The second-order valence-electron chi connectivity index (χ2n) is 5.12. The average molecular weight is 318 g/mol. The molecule has 0 aliphatic carbocycles. The molecule has 3 aromatic rings. The summed E-state index contributed by atoms with van der Waals surface area (Å²) in [5.74, 6) is 0.771. The normalized spacial score (nSPS) is 11.6. The lowest BCUT2D eigenvalue weighted by Gasteiger charge is -2.11. The van der Waals surface area contributed by atoms with Gasteiger partial charge < -0.3 is 9.67 Å². The number of rotatable bonds is 3. The molecule has 0 bridgehead atoms. The molecule has 0 fully saturated rings. The van der Waals surface area contributed by atoms with Gasteiger partial charge in [-0.2, -0.15) is 13.2 Å². The number of imidazole rings is 1. The maximum Gasteiger partial charge on any atom is 0.416 e. The van der Waals surface area contributed by atoms with Crippen molar-refractivity contribution in [1.29, 1.82) is 0 Å². The third-order valence-electron chi connectivity index (χ3n) is 3.45. The van der Waals surface area contributed by atoms with Crippen LogP contribution in [0.25, 0.3) is 11.4 Å². The summed E-state index contributed by atoms with van der Waals surface area (Å²) in [5.41, 5.74) is 0.652. The second kappa shape index (κ2) is 5.79. The van der Waals surface area contributed by atoms with Crippen LogP contribution in [0.3, 0.4) is 0 Å². The lowest BCUT2D eigenvalue weighted by atomic mass is 10.1. The molecule has 23 heavy (non-hydrogen) atoms. The number of nitrogens with zero attached hydrogens (tertiary/aromatic N) is 2. The van der Waals surface area contributed by atoms with E-state index >= 15 is 0 Å². The van der Waals surface area contributed by atoms with Crippen molar-refractivity contribution in [3.05, 3.63) is 72.1 Å². The highest BCUT2D eigenvalue weighted by atomic mass is 19.4. The van der Waals surface area contributed by atoms with Gasteiger partial charge >= 0.3 is 6.18 Å². The van der Waals surface area contributed by atoms with Gasteiger partial charge in [0.05, 0.1) is 5.56 Å². The summed E-state index contributed by atoms with van der Waals surface area (Å²) >= 11 is 0. The van der Waals surface area contributed by atoms with Crippen molar-refractivity contribution in [2.24, 2.45) is 0 Å². The number of phenols is 1. The van der Waals surface area contributed by atoms with Gasteiger partial charge in [0.2, 0.25) is 0 Å². The van der Waals surface area contributed by atoms with E-state index in [4.69, 9.17) is 0 Å². The summed E-state index contributed by atoms with van der Waals surface area (Å²) in [6.07, 6.45) is -1.05. The minimum absolute atomic E-state index is 0.143. The van der Waals surface area contributed by atoms with Crippen LogP contribution < -0.4 is 0 Å². The summed E-state index contributed by atoms with van der Waals surface area (Å²) < 4.78 is 40.1. The molecule has 118 valence electrons. The van der Waals surface area contributed by atoms with Crippen molar-refractivity contribution < 1.29 is 18.3 Å². The molecule has 0 amide bonds. The van der Waals surface area contributed by atoms with E-state index in [9.17, 15) is 18.3 Å². The molecule has 0 aliphatic heterocycles. The fourth-order valence-electron chi connectivity index (χ4n) is 2.35. The molecule has 0 radical (unpaired) electrons. The largest absolute Gasteiger partial charge is 0.508 e. The Labute approximate surface area is 130 Å². The molecule has 1 N–H and O–H groups in total. The standard InChI is InChI=1S/C17H13F3N2O/c18-17(19,20)14-3-1-2-12(10-14)11-22-9-8-21-16(22)13-4-6-15(23)7-5-13/h1-10,23H,11H2. The Morgan fingerprint density at radius 3 is 2.48 bits per heavy atom. The quantitative estimate of drug-likeness (QED) is 0.781. The van der Waals surface area contributed by atoms with Gasteiger partial charge in [-0.15, -0.1) is 0 Å². The first-order chi connectivity index (χ1) is 10.9. The van der Waals surface area contributed by atoms with Crippen LogP contribution in [-0.2, 0) is 12.7 Å². The lowest BCUT2D eigenvalue weighted by molar-refractivity contribution is -0.137. The SMILES string of the molecule is Oc1ccc(-c2nccn2Cc2cccc(C(F)(F)F)c2)cc1. The van der Waals surface area contributed by atoms with E-state index in [0.717, 1.165) is 17.7 Å². The fraction of sp³-hybridized carbons (Fsp3) is 0.118. The topological polar surface area (TPSA) is 38.1 Å². The Balaban J connectivity index is 1.90. The monoisotopic (exact) mass is 318 g/mol. The molecule has 6 heteroatoms. The van der Waals surface area contributed by atoms with Crippen LogP contribution in [-0.4, -0.2) is 14.7 Å². The van der Waals surface area contributed by atoms with Crippen molar-refractivity contribution >= 4 is 0 Å². The molecule has 3 nitrogen and oxygen atoms in total. The highest BCUT2D eigenvalue weighted by Crippen LogP contribution is 2.30. The maximum absolute atomic E-state index is 12.8. The number of hydrogen-bond acceptors (Lipinski definition) is 2. The highest BCUT2D eigenvalue weighted by molar-refractivity contribution is 5.56. The molecule has 0 spiro atoms. The molecule has 3 rings (SSSR count). The third-order valence-corrected chi connectivity index (χ3v) is 3.45. The Kier molecular flexibility index (Phi) is 3.82. The average Bonchev–Trinajstić information content (AvgIpc) is 2.95. The zero-order chi connectivity index (χ0) is 16.4. The van der Waals surface area contributed by atoms with E-state index in [-0.39, 0.29) is 12.3 Å². The number of aromatic hydroxyl groups is 1. The first kappa shape index (κ1) is 15.1. The van der Waals surface area contributed by atoms with E-state index in [1.54, 1.807) is 47.3 Å². The molecule has 0 saturated carbocycles. The van der Waals surface area contributed by atoms with Gasteiger partial charge in [-0.1, -0.05) is 12.1 Å². The van der Waals surface area contributed by atoms with Crippen LogP contribution in [0.5, 0.6) is 5.75 Å². The Morgan fingerprint density at radius 1 is 1.04 bits per heavy atom. The first-order valence-electron chi connectivity index (χ1n) is 6.90. The molecule has 0 atom stereocenters. The maximum atomic E-state index is 12.8. The van der Waals surface area contributed by atoms with Gasteiger partial charge in [-0.05, 0) is 42.0 Å². The van der Waals surface area contributed by atoms with Gasteiger partial charge in [0.15, 0.2) is 0 Å². The number of benzene rings is 2. The third kappa shape index (κ3) is 3.36. The number of aromatic nitrogens is 2. The summed E-state index contributed by atoms with van der Waals surface area (Å²) in [6.45, 7) is 0.278. The predicted octanol–water partition coefficient (Wildman–Crippen LogP) is 4.32. The van der Waals surface area contributed by atoms with Crippen molar-refractivity contribution in [3.8, 4) is 17.1 Å². The van der Waals surface area contributed by atoms with Gasteiger partial charge in [0.1, 0.15) is 11.6 Å². The summed E-state index contributed by atoms with van der Waals surface area (Å²) in [6, 6.07) is 11.7. The van der Waals surface area contributed by atoms with Crippen molar-refractivity contribution in [1.82, 2.24) is 9.55 Å². The number of phenolic OH excluding ortho intramolecular Hbond substituents is 1. The summed E-state index contributed by atoms with van der Waals surface area (Å²) in [4.78, 5) is 4.24. The molecule has 2 aromatic carbocycles. The van der Waals surface area contributed by atoms with E-state index in [0.29, 0.717) is 11.4 Å². The molecule has 0 unspecified atom stereocenters. The molecule has 1 heterocycles. The number of alkyl halides is 3. The van der Waals surface area contributed by atoms with Crippen LogP contribution >= 0.6 is 0 Å². The zero-order valence-corrected chi connectivity index (χ0v) is 12.0. The van der Waals surface area contributed by atoms with E-state index in [1.165, 1.54) is 6.07 Å². The van der Waals surface area contributed by atoms with Crippen LogP contribution in [0.2, 0.25) is 0 Å². The molecular weight excluding hydrogens is 305 g/mol.